The van der Waals surface area contributed by atoms with E-state index in [1.54, 1.807) is 12.1 Å². The Labute approximate surface area is 147 Å². The molecule has 23 heavy (non-hydrogen) atoms. The summed E-state index contributed by atoms with van der Waals surface area (Å²) in [5, 5.41) is 10.1. The summed E-state index contributed by atoms with van der Waals surface area (Å²) in [4.78, 5) is 4.88. The Morgan fingerprint density at radius 3 is 2.83 bits per heavy atom. The molecule has 2 fully saturated rings. The molecule has 4 nitrogen and oxygen atoms in total. The Bertz CT molecular complexity index is 701. The zero-order chi connectivity index (χ0) is 15.8. The predicted molar refractivity (Wildman–Crippen MR) is 94.4 cm³/mol. The number of anilines is 1. The molecule has 122 valence electrons. The summed E-state index contributed by atoms with van der Waals surface area (Å²) in [5.41, 5.74) is 0.512. The fourth-order valence-electron chi connectivity index (χ4n) is 3.43. The maximum Gasteiger partial charge on any atom is 0.208 e. The van der Waals surface area contributed by atoms with E-state index < -0.39 is 0 Å². The molecule has 3 heterocycles. The van der Waals surface area contributed by atoms with Gasteiger partial charge in [-0.15, -0.1) is 10.2 Å². The van der Waals surface area contributed by atoms with Crippen LogP contribution >= 0.6 is 27.3 Å². The molecule has 1 aromatic carbocycles. The van der Waals surface area contributed by atoms with Gasteiger partial charge in [0.2, 0.25) is 5.13 Å². The summed E-state index contributed by atoms with van der Waals surface area (Å²) >= 11 is 4.86. The van der Waals surface area contributed by atoms with Crippen LogP contribution in [0.5, 0.6) is 0 Å². The van der Waals surface area contributed by atoms with Crippen LogP contribution in [0.15, 0.2) is 22.7 Å². The summed E-state index contributed by atoms with van der Waals surface area (Å²) < 4.78 is 14.9. The van der Waals surface area contributed by atoms with Gasteiger partial charge in [-0.25, -0.2) is 4.39 Å². The second kappa shape index (κ2) is 6.45. The molecule has 0 N–H and O–H groups in total. The minimum absolute atomic E-state index is 0.257. The lowest BCUT2D eigenvalue weighted by Crippen LogP contribution is -2.35. The fourth-order valence-corrected chi connectivity index (χ4v) is 4.69. The number of rotatable bonds is 3. The Hall–Kier alpha value is -1.05. The average molecular weight is 397 g/mol. The van der Waals surface area contributed by atoms with Crippen molar-refractivity contribution in [2.75, 3.05) is 31.1 Å². The molecule has 2 aromatic rings. The highest BCUT2D eigenvalue weighted by Crippen LogP contribution is 2.34. The van der Waals surface area contributed by atoms with Crippen molar-refractivity contribution in [3.05, 3.63) is 28.5 Å². The van der Waals surface area contributed by atoms with Gasteiger partial charge in [0.15, 0.2) is 5.01 Å². The van der Waals surface area contributed by atoms with Crippen molar-refractivity contribution in [3.63, 3.8) is 0 Å². The van der Waals surface area contributed by atoms with Crippen molar-refractivity contribution in [1.82, 2.24) is 15.1 Å². The van der Waals surface area contributed by atoms with E-state index in [9.17, 15) is 4.39 Å². The molecule has 0 radical (unpaired) electrons. The van der Waals surface area contributed by atoms with Gasteiger partial charge >= 0.3 is 0 Å². The topological polar surface area (TPSA) is 32.3 Å². The molecule has 7 heteroatoms. The van der Waals surface area contributed by atoms with E-state index in [1.807, 2.05) is 0 Å². The number of nitrogens with zero attached hydrogens (tertiary/aromatic N) is 4. The standard InChI is InChI=1S/C16H18BrFN4S/c17-11-3-4-14(18)13(9-11)15-19-20-16(23-15)22-8-5-12(10-22)21-6-1-2-7-21/h3-4,9,12H,1-2,5-8,10H2. The smallest absolute Gasteiger partial charge is 0.208 e. The first-order valence-electron chi connectivity index (χ1n) is 7.98. The molecule has 2 saturated heterocycles. The van der Waals surface area contributed by atoms with Crippen LogP contribution in [0.3, 0.4) is 0 Å². The number of benzene rings is 1. The second-order valence-electron chi connectivity index (χ2n) is 6.15. The van der Waals surface area contributed by atoms with Crippen molar-refractivity contribution in [2.24, 2.45) is 0 Å². The van der Waals surface area contributed by atoms with Crippen LogP contribution in [-0.4, -0.2) is 47.3 Å². The lowest BCUT2D eigenvalue weighted by Gasteiger charge is -2.23. The molecular weight excluding hydrogens is 379 g/mol. The van der Waals surface area contributed by atoms with Crippen LogP contribution in [0.25, 0.3) is 10.6 Å². The Morgan fingerprint density at radius 1 is 1.17 bits per heavy atom. The Morgan fingerprint density at radius 2 is 2.00 bits per heavy atom. The highest BCUT2D eigenvalue weighted by molar-refractivity contribution is 9.10. The van der Waals surface area contributed by atoms with Gasteiger partial charge in [-0.1, -0.05) is 27.3 Å². The van der Waals surface area contributed by atoms with Crippen molar-refractivity contribution in [1.29, 1.82) is 0 Å². The van der Waals surface area contributed by atoms with Crippen molar-refractivity contribution < 1.29 is 4.39 Å². The number of hydrogen-bond donors (Lipinski definition) is 0. The molecule has 1 aromatic heterocycles. The van der Waals surface area contributed by atoms with Crippen molar-refractivity contribution in [3.8, 4) is 10.6 Å². The summed E-state index contributed by atoms with van der Waals surface area (Å²) in [5.74, 6) is -0.257. The van der Waals surface area contributed by atoms with Gasteiger partial charge < -0.3 is 4.90 Å². The first kappa shape index (κ1) is 15.5. The predicted octanol–water partition coefficient (Wildman–Crippen LogP) is 3.78. The van der Waals surface area contributed by atoms with E-state index in [0.717, 1.165) is 22.7 Å². The highest BCUT2D eigenvalue weighted by atomic mass is 79.9. The van der Waals surface area contributed by atoms with Gasteiger partial charge in [-0.05, 0) is 50.6 Å². The van der Waals surface area contributed by atoms with E-state index >= 15 is 0 Å². The van der Waals surface area contributed by atoms with E-state index in [1.165, 1.54) is 49.8 Å². The van der Waals surface area contributed by atoms with Gasteiger partial charge in [0, 0.05) is 29.2 Å². The third-order valence-electron chi connectivity index (χ3n) is 4.66. The molecule has 0 amide bonds. The first-order chi connectivity index (χ1) is 11.2. The maximum absolute atomic E-state index is 14.0. The zero-order valence-electron chi connectivity index (χ0n) is 12.7. The maximum atomic E-state index is 14.0. The molecular formula is C16H18BrFN4S. The van der Waals surface area contributed by atoms with Gasteiger partial charge in [-0.2, -0.15) is 0 Å². The highest BCUT2D eigenvalue weighted by Gasteiger charge is 2.30. The van der Waals surface area contributed by atoms with E-state index in [4.69, 9.17) is 0 Å². The number of aromatic nitrogens is 2. The van der Waals surface area contributed by atoms with E-state index in [0.29, 0.717) is 16.6 Å². The normalized spacial score (nSPS) is 22.2. The lowest BCUT2D eigenvalue weighted by molar-refractivity contribution is 0.260. The average Bonchev–Trinajstić information content (AvgIpc) is 3.29. The van der Waals surface area contributed by atoms with E-state index in [-0.39, 0.29) is 5.82 Å². The van der Waals surface area contributed by atoms with Crippen LogP contribution in [-0.2, 0) is 0 Å². The van der Waals surface area contributed by atoms with Gasteiger partial charge in [0.1, 0.15) is 5.82 Å². The molecule has 4 rings (SSSR count). The molecule has 2 aliphatic heterocycles. The third-order valence-corrected chi connectivity index (χ3v) is 6.17. The van der Waals surface area contributed by atoms with Gasteiger partial charge in [-0.3, -0.25) is 4.90 Å². The molecule has 0 spiro atoms. The summed E-state index contributed by atoms with van der Waals surface area (Å²) in [6.07, 6.45) is 3.82. The molecule has 0 aliphatic carbocycles. The van der Waals surface area contributed by atoms with Crippen LogP contribution in [0.1, 0.15) is 19.3 Å². The zero-order valence-corrected chi connectivity index (χ0v) is 15.1. The molecule has 0 bridgehead atoms. The minimum Gasteiger partial charge on any atom is -0.345 e. The third kappa shape index (κ3) is 3.14. The SMILES string of the molecule is Fc1ccc(Br)cc1-c1nnc(N2CCC(N3CCCC3)C2)s1. The number of hydrogen-bond acceptors (Lipinski definition) is 5. The first-order valence-corrected chi connectivity index (χ1v) is 9.59. The summed E-state index contributed by atoms with van der Waals surface area (Å²) in [7, 11) is 0. The van der Waals surface area contributed by atoms with Crippen LogP contribution < -0.4 is 4.90 Å². The number of likely N-dealkylation sites (tertiary alicyclic amines) is 1. The van der Waals surface area contributed by atoms with Gasteiger partial charge in [0.05, 0.1) is 0 Å². The quantitative estimate of drug-likeness (QED) is 0.789. The minimum atomic E-state index is -0.257. The van der Waals surface area contributed by atoms with Crippen molar-refractivity contribution >= 4 is 32.4 Å². The Kier molecular flexibility index (Phi) is 4.34. The summed E-state index contributed by atoms with van der Waals surface area (Å²) in [6, 6.07) is 5.55. The molecule has 2 aliphatic rings. The Balaban J connectivity index is 1.51. The largest absolute Gasteiger partial charge is 0.345 e. The molecule has 1 atom stereocenters. The fraction of sp³-hybridized carbons (Fsp3) is 0.500. The molecule has 1 unspecified atom stereocenters. The van der Waals surface area contributed by atoms with Crippen molar-refractivity contribution in [2.45, 2.75) is 25.3 Å². The van der Waals surface area contributed by atoms with Gasteiger partial charge in [0.25, 0.3) is 0 Å². The lowest BCUT2D eigenvalue weighted by atomic mass is 10.2. The summed E-state index contributed by atoms with van der Waals surface area (Å²) in [6.45, 7) is 4.47. The van der Waals surface area contributed by atoms with Crippen LogP contribution in [0, 0.1) is 5.82 Å². The number of halogens is 2. The van der Waals surface area contributed by atoms with Crippen LogP contribution in [0.4, 0.5) is 9.52 Å². The van der Waals surface area contributed by atoms with Crippen LogP contribution in [0.2, 0.25) is 0 Å². The molecule has 0 saturated carbocycles. The second-order valence-corrected chi connectivity index (χ2v) is 8.02. The van der Waals surface area contributed by atoms with E-state index in [2.05, 4.69) is 35.9 Å². The monoisotopic (exact) mass is 396 g/mol.